The molecule has 0 heterocycles. The number of hydrogen-bond donors (Lipinski definition) is 1. The minimum atomic E-state index is -0.695. The van der Waals surface area contributed by atoms with Crippen LogP contribution < -0.4 is 15.2 Å². The van der Waals surface area contributed by atoms with Gasteiger partial charge < -0.3 is 15.2 Å². The number of rotatable bonds is 4. The van der Waals surface area contributed by atoms with E-state index in [-0.39, 0.29) is 5.97 Å². The highest BCUT2D eigenvalue weighted by molar-refractivity contribution is 5.78. The lowest BCUT2D eigenvalue weighted by Gasteiger charge is -2.11. The van der Waals surface area contributed by atoms with Crippen molar-refractivity contribution < 1.29 is 19.1 Å². The lowest BCUT2D eigenvalue weighted by molar-refractivity contribution is -0.131. The predicted octanol–water partition coefficient (Wildman–Crippen LogP) is 0.865. The molecule has 0 saturated carbocycles. The van der Waals surface area contributed by atoms with Crippen LogP contribution in [0.15, 0.2) is 24.3 Å². The highest BCUT2D eigenvalue weighted by Gasteiger charge is 2.09. The van der Waals surface area contributed by atoms with Crippen LogP contribution in [0.25, 0.3) is 0 Å². The van der Waals surface area contributed by atoms with Crippen molar-refractivity contribution >= 4 is 11.9 Å². The molecule has 1 aromatic carbocycles. The number of esters is 1. The Hall–Kier alpha value is -2.04. The molecule has 0 aliphatic carbocycles. The summed E-state index contributed by atoms with van der Waals surface area (Å²) in [7, 11) is 0. The number of amides is 1. The number of nitrogens with two attached hydrogens (primary N) is 1. The minimum absolute atomic E-state index is 0.390. The highest BCUT2D eigenvalue weighted by Crippen LogP contribution is 2.18. The van der Waals surface area contributed by atoms with Crippen LogP contribution in [-0.2, 0) is 9.59 Å². The molecule has 0 spiro atoms. The first kappa shape index (κ1) is 12.0. The predicted molar refractivity (Wildman–Crippen MR) is 57.0 cm³/mol. The number of benzene rings is 1. The molecule has 1 amide bonds. The highest BCUT2D eigenvalue weighted by atomic mass is 16.5. The van der Waals surface area contributed by atoms with E-state index in [2.05, 4.69) is 0 Å². The van der Waals surface area contributed by atoms with Crippen LogP contribution in [0.3, 0.4) is 0 Å². The maximum Gasteiger partial charge on any atom is 0.308 e. The summed E-state index contributed by atoms with van der Waals surface area (Å²) in [6.07, 6.45) is -0.695. The number of carbonyl (C=O) groups excluding carboxylic acids is 2. The van der Waals surface area contributed by atoms with Crippen LogP contribution >= 0.6 is 0 Å². The Morgan fingerprint density at radius 2 is 1.69 bits per heavy atom. The minimum Gasteiger partial charge on any atom is -0.481 e. The third kappa shape index (κ3) is 3.61. The zero-order valence-electron chi connectivity index (χ0n) is 9.10. The van der Waals surface area contributed by atoms with Crippen molar-refractivity contribution in [3.8, 4) is 11.5 Å². The molecule has 1 atom stereocenters. The zero-order valence-corrected chi connectivity index (χ0v) is 9.10. The van der Waals surface area contributed by atoms with E-state index in [0.717, 1.165) is 0 Å². The van der Waals surface area contributed by atoms with Crippen molar-refractivity contribution in [2.24, 2.45) is 5.73 Å². The van der Waals surface area contributed by atoms with Crippen LogP contribution in [0.2, 0.25) is 0 Å². The van der Waals surface area contributed by atoms with Crippen LogP contribution in [-0.4, -0.2) is 18.0 Å². The molecule has 0 radical (unpaired) electrons. The molecule has 0 saturated heterocycles. The fourth-order valence-electron chi connectivity index (χ4n) is 1.01. The lowest BCUT2D eigenvalue weighted by Crippen LogP contribution is -2.30. The van der Waals surface area contributed by atoms with Crippen molar-refractivity contribution in [3.63, 3.8) is 0 Å². The van der Waals surface area contributed by atoms with Crippen LogP contribution in [0, 0.1) is 0 Å². The maximum absolute atomic E-state index is 10.7. The number of primary amides is 1. The Morgan fingerprint density at radius 1 is 1.19 bits per heavy atom. The second kappa shape index (κ2) is 5.16. The molecule has 1 aromatic rings. The first-order valence-electron chi connectivity index (χ1n) is 4.73. The number of ether oxygens (including phenoxy) is 2. The van der Waals surface area contributed by atoms with Crippen molar-refractivity contribution in [1.29, 1.82) is 0 Å². The van der Waals surface area contributed by atoms with Gasteiger partial charge in [-0.3, -0.25) is 9.59 Å². The maximum atomic E-state index is 10.7. The van der Waals surface area contributed by atoms with E-state index in [1.807, 2.05) is 0 Å². The molecular weight excluding hydrogens is 210 g/mol. The molecule has 1 rings (SSSR count). The molecule has 0 aliphatic rings. The van der Waals surface area contributed by atoms with Crippen molar-refractivity contribution in [2.45, 2.75) is 20.0 Å². The monoisotopic (exact) mass is 223 g/mol. The summed E-state index contributed by atoms with van der Waals surface area (Å²) < 4.78 is 10.1. The van der Waals surface area contributed by atoms with Gasteiger partial charge in [-0.15, -0.1) is 0 Å². The van der Waals surface area contributed by atoms with Crippen LogP contribution in [0.5, 0.6) is 11.5 Å². The lowest BCUT2D eigenvalue weighted by atomic mass is 10.3. The summed E-state index contributed by atoms with van der Waals surface area (Å²) in [5.41, 5.74) is 5.05. The summed E-state index contributed by atoms with van der Waals surface area (Å²) in [5.74, 6) is -0.0167. The SMILES string of the molecule is CC(=O)Oc1ccc(O[C@H](C)C(N)=O)cc1. The molecule has 5 nitrogen and oxygen atoms in total. The average molecular weight is 223 g/mol. The molecular formula is C11H13NO4. The van der Waals surface area contributed by atoms with E-state index in [1.165, 1.54) is 6.92 Å². The molecule has 0 aliphatic heterocycles. The largest absolute Gasteiger partial charge is 0.481 e. The van der Waals surface area contributed by atoms with Gasteiger partial charge in [-0.1, -0.05) is 0 Å². The topological polar surface area (TPSA) is 78.6 Å². The van der Waals surface area contributed by atoms with Gasteiger partial charge in [0.1, 0.15) is 11.5 Å². The van der Waals surface area contributed by atoms with E-state index in [9.17, 15) is 9.59 Å². The standard InChI is InChI=1S/C11H13NO4/c1-7(11(12)14)15-9-3-5-10(6-4-9)16-8(2)13/h3-7H,1-2H3,(H2,12,14)/t7-/m1/s1. The van der Waals surface area contributed by atoms with Gasteiger partial charge >= 0.3 is 5.97 Å². The van der Waals surface area contributed by atoms with Crippen molar-refractivity contribution in [3.05, 3.63) is 24.3 Å². The quantitative estimate of drug-likeness (QED) is 0.606. The van der Waals surface area contributed by atoms with Gasteiger partial charge in [0.15, 0.2) is 6.10 Å². The fraction of sp³-hybridized carbons (Fsp3) is 0.273. The zero-order chi connectivity index (χ0) is 12.1. The van der Waals surface area contributed by atoms with E-state index < -0.39 is 12.0 Å². The van der Waals surface area contributed by atoms with Gasteiger partial charge in [-0.05, 0) is 31.2 Å². The molecule has 0 fully saturated rings. The van der Waals surface area contributed by atoms with Gasteiger partial charge in [0.05, 0.1) is 0 Å². The number of hydrogen-bond acceptors (Lipinski definition) is 4. The summed E-state index contributed by atoms with van der Waals surface area (Å²) in [6.45, 7) is 2.88. The normalized spacial score (nSPS) is 11.6. The summed E-state index contributed by atoms with van der Waals surface area (Å²) in [6, 6.07) is 6.34. The Labute approximate surface area is 93.1 Å². The molecule has 86 valence electrons. The Kier molecular flexibility index (Phi) is 3.88. The summed E-state index contributed by atoms with van der Waals surface area (Å²) >= 11 is 0. The molecule has 0 unspecified atom stereocenters. The Balaban J connectivity index is 2.64. The van der Waals surface area contributed by atoms with Crippen molar-refractivity contribution in [1.82, 2.24) is 0 Å². The van der Waals surface area contributed by atoms with Gasteiger partial charge in [-0.2, -0.15) is 0 Å². The third-order valence-corrected chi connectivity index (χ3v) is 1.80. The number of carbonyl (C=O) groups is 2. The second-order valence-corrected chi connectivity index (χ2v) is 3.23. The summed E-state index contributed by atoms with van der Waals surface area (Å²) in [5, 5.41) is 0. The smallest absolute Gasteiger partial charge is 0.308 e. The van der Waals surface area contributed by atoms with Gasteiger partial charge in [0.25, 0.3) is 5.91 Å². The fourth-order valence-corrected chi connectivity index (χ4v) is 1.01. The molecule has 16 heavy (non-hydrogen) atoms. The van der Waals surface area contributed by atoms with E-state index in [4.69, 9.17) is 15.2 Å². The van der Waals surface area contributed by atoms with Gasteiger partial charge in [-0.25, -0.2) is 0 Å². The average Bonchev–Trinajstić information content (AvgIpc) is 2.20. The van der Waals surface area contributed by atoms with Gasteiger partial charge in [0, 0.05) is 6.92 Å². The van der Waals surface area contributed by atoms with E-state index in [0.29, 0.717) is 11.5 Å². The van der Waals surface area contributed by atoms with Crippen LogP contribution in [0.4, 0.5) is 0 Å². The second-order valence-electron chi connectivity index (χ2n) is 3.23. The molecule has 0 bridgehead atoms. The van der Waals surface area contributed by atoms with E-state index >= 15 is 0 Å². The van der Waals surface area contributed by atoms with Crippen molar-refractivity contribution in [2.75, 3.05) is 0 Å². The van der Waals surface area contributed by atoms with Crippen LogP contribution in [0.1, 0.15) is 13.8 Å². The molecule has 0 aromatic heterocycles. The summed E-state index contributed by atoms with van der Waals surface area (Å²) in [4.78, 5) is 21.4. The first-order chi connectivity index (χ1) is 7.49. The molecule has 2 N–H and O–H groups in total. The Morgan fingerprint density at radius 3 is 2.12 bits per heavy atom. The van der Waals surface area contributed by atoms with E-state index in [1.54, 1.807) is 31.2 Å². The Bertz CT molecular complexity index is 385. The third-order valence-electron chi connectivity index (χ3n) is 1.80. The van der Waals surface area contributed by atoms with Gasteiger partial charge in [0.2, 0.25) is 0 Å². The molecule has 5 heteroatoms. The first-order valence-corrected chi connectivity index (χ1v) is 4.73.